The second-order valence-electron chi connectivity index (χ2n) is 11.0. The van der Waals surface area contributed by atoms with Crippen LogP contribution in [0.1, 0.15) is 49.8 Å². The monoisotopic (exact) mass is 576 g/mol. The zero-order chi connectivity index (χ0) is 30.2. The van der Waals surface area contributed by atoms with Crippen LogP contribution < -0.4 is 9.47 Å². The molecule has 1 saturated heterocycles. The van der Waals surface area contributed by atoms with Crippen LogP contribution in [-0.2, 0) is 9.59 Å². The maximum atomic E-state index is 10.7. The van der Waals surface area contributed by atoms with Crippen LogP contribution in [0.5, 0.6) is 11.5 Å². The molecule has 0 saturated carbocycles. The first kappa shape index (κ1) is 30.9. The van der Waals surface area contributed by atoms with E-state index in [1.807, 2.05) is 31.2 Å². The van der Waals surface area contributed by atoms with Crippen molar-refractivity contribution in [3.8, 4) is 11.5 Å². The van der Waals surface area contributed by atoms with E-state index in [2.05, 4.69) is 53.2 Å². The van der Waals surface area contributed by atoms with Crippen molar-refractivity contribution < 1.29 is 34.4 Å². The van der Waals surface area contributed by atoms with Crippen molar-refractivity contribution in [1.29, 1.82) is 0 Å². The van der Waals surface area contributed by atoms with E-state index >= 15 is 0 Å². The van der Waals surface area contributed by atoms with Gasteiger partial charge in [-0.05, 0) is 85.8 Å². The van der Waals surface area contributed by atoms with Crippen LogP contribution in [0.25, 0.3) is 21.7 Å². The summed E-state index contributed by atoms with van der Waals surface area (Å²) >= 11 is 0. The van der Waals surface area contributed by atoms with E-state index in [1.54, 1.807) is 7.11 Å². The highest BCUT2D eigenvalue weighted by Crippen LogP contribution is 2.34. The van der Waals surface area contributed by atoms with Crippen LogP contribution in [0, 0.1) is 6.92 Å². The lowest BCUT2D eigenvalue weighted by atomic mass is 9.85. The zero-order valence-electron chi connectivity index (χ0n) is 24.4. The number of piperidine rings is 1. The molecule has 1 aliphatic rings. The van der Waals surface area contributed by atoms with Gasteiger partial charge in [0.05, 0.1) is 20.0 Å². The number of nitrogens with zero attached hydrogens (tertiary/aromatic N) is 1. The molecule has 0 spiro atoms. The van der Waals surface area contributed by atoms with E-state index < -0.39 is 18.0 Å². The fourth-order valence-electron chi connectivity index (χ4n) is 5.53. The van der Waals surface area contributed by atoms with Gasteiger partial charge in [-0.25, -0.2) is 0 Å². The number of benzene rings is 3. The van der Waals surface area contributed by atoms with Gasteiger partial charge in [-0.1, -0.05) is 30.3 Å². The van der Waals surface area contributed by atoms with Gasteiger partial charge in [0, 0.05) is 29.2 Å². The Kier molecular flexibility index (Phi) is 10.4. The van der Waals surface area contributed by atoms with Crippen LogP contribution in [0.15, 0.2) is 60.7 Å². The first-order valence-corrected chi connectivity index (χ1v) is 14.3. The fraction of sp³-hybridized carbons (Fsp3) is 0.394. The summed E-state index contributed by atoms with van der Waals surface area (Å²) in [5.74, 6) is 0.103. The summed E-state index contributed by atoms with van der Waals surface area (Å²) in [5.41, 5.74) is 3.57. The summed E-state index contributed by atoms with van der Waals surface area (Å²) < 4.78 is 11.4. The second kappa shape index (κ2) is 14.2. The lowest BCUT2D eigenvalue weighted by Crippen LogP contribution is -2.45. The van der Waals surface area contributed by atoms with Gasteiger partial charge in [-0.3, -0.25) is 14.5 Å². The van der Waals surface area contributed by atoms with Crippen molar-refractivity contribution in [2.45, 2.75) is 57.6 Å². The van der Waals surface area contributed by atoms with Crippen LogP contribution in [0.3, 0.4) is 0 Å². The number of ether oxygens (including phenoxy) is 2. The largest absolute Gasteiger partial charge is 0.497 e. The lowest BCUT2D eigenvalue weighted by Gasteiger charge is -2.39. The predicted octanol–water partition coefficient (Wildman–Crippen LogP) is 5.58. The molecule has 0 bridgehead atoms. The predicted molar refractivity (Wildman–Crippen MR) is 163 cm³/mol. The van der Waals surface area contributed by atoms with Crippen LogP contribution in [-0.4, -0.2) is 76.1 Å². The van der Waals surface area contributed by atoms with Crippen molar-refractivity contribution >= 4 is 33.6 Å². The SMILES string of the molecule is COc1ccc2cc([C@@H]3CCN(C[C@H](O)COc4cccc5[nH]c(C)cc45)[C@@H](C)C3)ccc2c1.O=C(O)CCC(=O)O. The smallest absolute Gasteiger partial charge is 0.303 e. The Hall–Kier alpha value is -4.08. The van der Waals surface area contributed by atoms with E-state index in [9.17, 15) is 14.7 Å². The topological polar surface area (TPSA) is 132 Å². The third-order valence-corrected chi connectivity index (χ3v) is 7.74. The average molecular weight is 577 g/mol. The summed E-state index contributed by atoms with van der Waals surface area (Å²) in [6.07, 6.45) is 1.08. The Morgan fingerprint density at radius 2 is 1.74 bits per heavy atom. The number of β-amino-alcohol motifs (C(OH)–C–C–N with tert-alkyl or cyclic N) is 1. The number of aromatic nitrogens is 1. The first-order valence-electron chi connectivity index (χ1n) is 14.3. The number of aliphatic carboxylic acids is 2. The number of carboxylic acid groups (broad SMARTS) is 2. The molecule has 4 N–H and O–H groups in total. The summed E-state index contributed by atoms with van der Waals surface area (Å²) in [6.45, 7) is 6.22. The number of aliphatic hydroxyl groups is 1. The maximum Gasteiger partial charge on any atom is 0.303 e. The highest BCUT2D eigenvalue weighted by molar-refractivity contribution is 5.86. The molecule has 3 atom stereocenters. The Balaban J connectivity index is 0.000000446. The lowest BCUT2D eigenvalue weighted by molar-refractivity contribution is -0.143. The molecule has 0 unspecified atom stereocenters. The number of nitrogens with one attached hydrogen (secondary N) is 1. The van der Waals surface area contributed by atoms with Gasteiger partial charge in [-0.2, -0.15) is 0 Å². The van der Waals surface area contributed by atoms with E-state index in [-0.39, 0.29) is 12.8 Å². The number of aliphatic hydroxyl groups excluding tert-OH is 1. The minimum Gasteiger partial charge on any atom is -0.497 e. The number of rotatable bonds is 10. The highest BCUT2D eigenvalue weighted by Gasteiger charge is 2.28. The van der Waals surface area contributed by atoms with Gasteiger partial charge in [0.25, 0.3) is 0 Å². The molecule has 0 radical (unpaired) electrons. The van der Waals surface area contributed by atoms with Gasteiger partial charge >= 0.3 is 11.9 Å². The fourth-order valence-corrected chi connectivity index (χ4v) is 5.53. The second-order valence-corrected chi connectivity index (χ2v) is 11.0. The van der Waals surface area contributed by atoms with Crippen molar-refractivity contribution in [1.82, 2.24) is 9.88 Å². The summed E-state index contributed by atoms with van der Waals surface area (Å²) in [5, 5.41) is 30.0. The molecule has 3 aromatic carbocycles. The van der Waals surface area contributed by atoms with Gasteiger partial charge in [-0.15, -0.1) is 0 Å². The molecule has 9 heteroatoms. The maximum absolute atomic E-state index is 10.7. The minimum atomic E-state index is -1.08. The first-order chi connectivity index (χ1) is 20.1. The number of H-pyrrole nitrogens is 1. The molecular weight excluding hydrogens is 536 g/mol. The quantitative estimate of drug-likeness (QED) is 0.192. The van der Waals surface area contributed by atoms with Crippen LogP contribution in [0.2, 0.25) is 0 Å². The van der Waals surface area contributed by atoms with Gasteiger partial charge < -0.3 is 29.8 Å². The number of likely N-dealkylation sites (tertiary alicyclic amines) is 1. The van der Waals surface area contributed by atoms with Crippen molar-refractivity contribution in [3.63, 3.8) is 0 Å². The van der Waals surface area contributed by atoms with E-state index in [0.717, 1.165) is 47.5 Å². The van der Waals surface area contributed by atoms with Gasteiger partial charge in [0.2, 0.25) is 0 Å². The molecule has 1 aromatic heterocycles. The number of hydrogen-bond acceptors (Lipinski definition) is 6. The summed E-state index contributed by atoms with van der Waals surface area (Å²) in [6, 6.07) is 21.6. The molecule has 0 amide bonds. The molecule has 1 fully saturated rings. The van der Waals surface area contributed by atoms with Crippen molar-refractivity contribution in [2.75, 3.05) is 26.8 Å². The summed E-state index contributed by atoms with van der Waals surface area (Å²) in [4.78, 5) is 25.0. The average Bonchev–Trinajstić information content (AvgIpc) is 3.36. The molecule has 0 aliphatic carbocycles. The van der Waals surface area contributed by atoms with E-state index in [4.69, 9.17) is 19.7 Å². The van der Waals surface area contributed by atoms with Gasteiger partial charge in [0.15, 0.2) is 0 Å². The van der Waals surface area contributed by atoms with Crippen LogP contribution >= 0.6 is 0 Å². The number of hydrogen-bond donors (Lipinski definition) is 4. The van der Waals surface area contributed by atoms with E-state index in [1.165, 1.54) is 16.3 Å². The summed E-state index contributed by atoms with van der Waals surface area (Å²) in [7, 11) is 1.71. The highest BCUT2D eigenvalue weighted by atomic mass is 16.5. The molecule has 4 aromatic rings. The Morgan fingerprint density at radius 3 is 2.43 bits per heavy atom. The minimum absolute atomic E-state index is 0.296. The van der Waals surface area contributed by atoms with E-state index in [0.29, 0.717) is 25.1 Å². The third kappa shape index (κ3) is 8.24. The molecule has 5 rings (SSSR count). The Bertz CT molecular complexity index is 1500. The molecule has 9 nitrogen and oxygen atoms in total. The van der Waals surface area contributed by atoms with Crippen molar-refractivity contribution in [2.24, 2.45) is 0 Å². The third-order valence-electron chi connectivity index (χ3n) is 7.74. The Morgan fingerprint density at radius 1 is 1.02 bits per heavy atom. The van der Waals surface area contributed by atoms with Crippen molar-refractivity contribution in [3.05, 3.63) is 71.9 Å². The number of methoxy groups -OCH3 is 1. The normalized spacial score (nSPS) is 17.8. The standard InChI is InChI=1S/C29H34N2O3.C4H6O4/c1-19-13-27-28(30-19)5-4-6-29(27)34-18-25(32)17-31-12-11-24(14-20(31)2)21-7-8-23-16-26(33-3)10-9-22(23)15-21;5-3(6)1-2-4(7)8/h4-10,13,15-16,20,24-25,30,32H,11-12,14,17-18H2,1-3H3;1-2H2,(H,5,6)(H,7,8)/t20-,24+,25-;/m0./s1. The number of aromatic amines is 1. The molecule has 42 heavy (non-hydrogen) atoms. The molecular formula is C33H40N2O7. The molecule has 2 heterocycles. The zero-order valence-corrected chi connectivity index (χ0v) is 24.4. The van der Waals surface area contributed by atoms with Crippen LogP contribution in [0.4, 0.5) is 0 Å². The molecule has 1 aliphatic heterocycles. The Labute approximate surface area is 245 Å². The number of aryl methyl sites for hydroxylation is 1. The number of carbonyl (C=O) groups is 2. The number of fused-ring (bicyclic) bond motifs is 2. The number of carboxylic acids is 2. The van der Waals surface area contributed by atoms with Gasteiger partial charge in [0.1, 0.15) is 24.2 Å². The molecule has 224 valence electrons.